The summed E-state index contributed by atoms with van der Waals surface area (Å²) >= 11 is 0. The molecule has 1 unspecified atom stereocenters. The van der Waals surface area contributed by atoms with Gasteiger partial charge in [0.2, 0.25) is 5.75 Å². The Morgan fingerprint density at radius 3 is 1.90 bits per heavy atom. The summed E-state index contributed by atoms with van der Waals surface area (Å²) in [6.07, 6.45) is 0. The summed E-state index contributed by atoms with van der Waals surface area (Å²) < 4.78 is 20.5. The number of imide groups is 1. The highest BCUT2D eigenvalue weighted by molar-refractivity contribution is 6.10. The molecule has 2 aromatic rings. The standard InChI is InChI=1S/C25H27FN4O14.3C2H6/c26-12-8(15(32)16(33)10(14(12)31)6-29-1-3-44-4-2-29)5-27-13-9-7-30(22(38)11(9)17(34)19(36)18(13)35)20-21(37)28-23(39)25(42,43)24(20,40)41;3*1-2/h20,27,31-36,40-43H,1-7H2,(H,28,37,39);3*1-2H3. The summed E-state index contributed by atoms with van der Waals surface area (Å²) in [6, 6.07) is -2.60. The molecule has 0 radical (unpaired) electrons. The van der Waals surface area contributed by atoms with Crippen molar-refractivity contribution in [2.24, 2.45) is 0 Å². The van der Waals surface area contributed by atoms with Crippen molar-refractivity contribution in [3.63, 3.8) is 0 Å². The van der Waals surface area contributed by atoms with Gasteiger partial charge in [0, 0.05) is 31.7 Å². The van der Waals surface area contributed by atoms with Crippen LogP contribution in [0.4, 0.5) is 10.1 Å². The van der Waals surface area contributed by atoms with Crippen LogP contribution >= 0.6 is 0 Å². The molecule has 2 saturated heterocycles. The Kier molecular flexibility index (Phi) is 13.6. The fourth-order valence-corrected chi connectivity index (χ4v) is 5.35. The summed E-state index contributed by atoms with van der Waals surface area (Å²) in [7, 11) is 0. The van der Waals surface area contributed by atoms with Gasteiger partial charge in [-0.2, -0.15) is 0 Å². The third-order valence-electron chi connectivity index (χ3n) is 7.82. The average molecular weight is 717 g/mol. The summed E-state index contributed by atoms with van der Waals surface area (Å²) in [5.41, 5.74) is -2.92. The Balaban J connectivity index is 0.00000137. The number of nitrogens with zero attached hydrogens (tertiary/aromatic N) is 2. The van der Waals surface area contributed by atoms with E-state index in [1.807, 2.05) is 41.5 Å². The number of phenols is 6. The van der Waals surface area contributed by atoms with E-state index in [0.29, 0.717) is 26.3 Å². The van der Waals surface area contributed by atoms with Crippen molar-refractivity contribution in [2.75, 3.05) is 31.6 Å². The first-order chi connectivity index (χ1) is 23.5. The van der Waals surface area contributed by atoms with E-state index in [-0.39, 0.29) is 17.0 Å². The normalized spacial score (nSPS) is 19.1. The smallest absolute Gasteiger partial charge is 0.303 e. The molecule has 3 aliphatic heterocycles. The van der Waals surface area contributed by atoms with Gasteiger partial charge < -0.3 is 66.0 Å². The fourth-order valence-electron chi connectivity index (χ4n) is 5.35. The summed E-state index contributed by atoms with van der Waals surface area (Å²) in [5.74, 6) is -20.8. The molecule has 0 aliphatic carbocycles. The highest BCUT2D eigenvalue weighted by atomic mass is 19.1. The number of nitrogens with one attached hydrogen (secondary N) is 2. The summed E-state index contributed by atoms with van der Waals surface area (Å²) in [4.78, 5) is 39.6. The van der Waals surface area contributed by atoms with Crippen molar-refractivity contribution in [1.82, 2.24) is 15.1 Å². The number of hydrogen-bond acceptors (Lipinski definition) is 16. The Labute approximate surface area is 286 Å². The van der Waals surface area contributed by atoms with Gasteiger partial charge in [0.1, 0.15) is 0 Å². The zero-order valence-electron chi connectivity index (χ0n) is 28.4. The first-order valence-corrected chi connectivity index (χ1v) is 15.9. The lowest BCUT2D eigenvalue weighted by molar-refractivity contribution is -0.355. The van der Waals surface area contributed by atoms with Crippen molar-refractivity contribution in [3.05, 3.63) is 28.1 Å². The molecule has 0 bridgehead atoms. The molecule has 5 rings (SSSR count). The second-order valence-corrected chi connectivity index (χ2v) is 10.4. The van der Waals surface area contributed by atoms with Gasteiger partial charge in [-0.1, -0.05) is 41.5 Å². The van der Waals surface area contributed by atoms with Crippen LogP contribution in [0.5, 0.6) is 34.5 Å². The molecule has 50 heavy (non-hydrogen) atoms. The van der Waals surface area contributed by atoms with Crippen LogP contribution in [0.3, 0.4) is 0 Å². The number of carbonyl (C=O) groups is 3. The number of phenolic OH excluding ortho intramolecular Hbond substituents is 6. The first kappa shape index (κ1) is 41.5. The minimum atomic E-state index is -4.00. The topological polar surface area (TPSA) is 293 Å². The lowest BCUT2D eigenvalue weighted by atomic mass is 9.90. The SMILES string of the molecule is CC.CC.CC.O=C1NC(=O)C(O)(O)C(O)(O)C1N1Cc2c(NCc3c(O)c(O)c(CN4CCOCC4)c(O)c3F)c(O)c(O)c(O)c2C1=O. The van der Waals surface area contributed by atoms with Gasteiger partial charge in [0.15, 0.2) is 40.6 Å². The predicted molar refractivity (Wildman–Crippen MR) is 171 cm³/mol. The third kappa shape index (κ3) is 7.00. The van der Waals surface area contributed by atoms with E-state index in [2.05, 4.69) is 5.32 Å². The Morgan fingerprint density at radius 1 is 0.800 bits per heavy atom. The predicted octanol–water partition coefficient (Wildman–Crippen LogP) is -0.0752. The van der Waals surface area contributed by atoms with Crippen molar-refractivity contribution in [3.8, 4) is 34.5 Å². The van der Waals surface area contributed by atoms with Gasteiger partial charge >= 0.3 is 5.79 Å². The van der Waals surface area contributed by atoms with E-state index in [9.17, 15) is 65.4 Å². The Hall–Kier alpha value is -4.66. The van der Waals surface area contributed by atoms with Gasteiger partial charge in [-0.25, -0.2) is 4.39 Å². The average Bonchev–Trinajstić information content (AvgIpc) is 3.44. The molecule has 0 aromatic heterocycles. The second-order valence-electron chi connectivity index (χ2n) is 10.4. The van der Waals surface area contributed by atoms with E-state index in [4.69, 9.17) is 4.74 Å². The number of ether oxygens (including phenoxy) is 1. The maximum atomic E-state index is 15.3. The van der Waals surface area contributed by atoms with Crippen LogP contribution in [0.25, 0.3) is 0 Å². The Bertz CT molecular complexity index is 1570. The number of piperidine rings is 1. The molecule has 0 saturated carbocycles. The summed E-state index contributed by atoms with van der Waals surface area (Å²) in [6.45, 7) is 11.6. The minimum Gasteiger partial charge on any atom is -0.504 e. The number of halogens is 1. The van der Waals surface area contributed by atoms with E-state index >= 15 is 4.39 Å². The number of hydrogen-bond donors (Lipinski definition) is 12. The fraction of sp³-hybridized carbons (Fsp3) is 0.516. The quantitative estimate of drug-likeness (QED) is 0.0806. The largest absolute Gasteiger partial charge is 0.504 e. The number of aromatic hydroxyl groups is 6. The van der Waals surface area contributed by atoms with Gasteiger partial charge in [-0.15, -0.1) is 0 Å². The van der Waals surface area contributed by atoms with E-state index in [0.717, 1.165) is 0 Å². The molecule has 2 fully saturated rings. The number of carbonyl (C=O) groups excluding carboxylic acids is 3. The van der Waals surface area contributed by atoms with Crippen molar-refractivity contribution in [2.45, 2.75) is 78.8 Å². The number of amides is 3. The highest BCUT2D eigenvalue weighted by Gasteiger charge is 2.67. The maximum absolute atomic E-state index is 15.3. The van der Waals surface area contributed by atoms with Crippen molar-refractivity contribution in [1.29, 1.82) is 0 Å². The van der Waals surface area contributed by atoms with Crippen LogP contribution < -0.4 is 10.6 Å². The molecule has 3 heterocycles. The molecular weight excluding hydrogens is 671 g/mol. The maximum Gasteiger partial charge on any atom is 0.303 e. The van der Waals surface area contributed by atoms with Gasteiger partial charge in [-0.05, 0) is 0 Å². The summed E-state index contributed by atoms with van der Waals surface area (Å²) in [5, 5.41) is 107. The first-order valence-electron chi connectivity index (χ1n) is 15.9. The zero-order valence-corrected chi connectivity index (χ0v) is 28.4. The van der Waals surface area contributed by atoms with Gasteiger partial charge in [0.05, 0.1) is 42.1 Å². The van der Waals surface area contributed by atoms with E-state index in [1.54, 1.807) is 4.90 Å². The van der Waals surface area contributed by atoms with E-state index in [1.165, 1.54) is 5.32 Å². The molecule has 2 aromatic carbocycles. The lowest BCUT2D eigenvalue weighted by Crippen LogP contribution is -2.79. The van der Waals surface area contributed by atoms with E-state index < -0.39 is 111 Å². The van der Waals surface area contributed by atoms with Crippen LogP contribution in [-0.4, -0.2) is 123 Å². The monoisotopic (exact) mass is 716 g/mol. The molecule has 19 heteroatoms. The van der Waals surface area contributed by atoms with Crippen LogP contribution in [0.2, 0.25) is 0 Å². The van der Waals surface area contributed by atoms with Crippen LogP contribution in [0.1, 0.15) is 68.6 Å². The third-order valence-corrected chi connectivity index (χ3v) is 7.82. The number of rotatable bonds is 6. The van der Waals surface area contributed by atoms with Gasteiger partial charge in [-0.3, -0.25) is 24.6 Å². The molecule has 0 spiro atoms. The Morgan fingerprint density at radius 2 is 1.34 bits per heavy atom. The van der Waals surface area contributed by atoms with Crippen LogP contribution in [0.15, 0.2) is 0 Å². The number of anilines is 1. The van der Waals surface area contributed by atoms with Crippen molar-refractivity contribution < 1.29 is 74.6 Å². The molecular formula is C31H45FN4O14. The molecule has 12 N–H and O–H groups in total. The second kappa shape index (κ2) is 16.4. The van der Waals surface area contributed by atoms with Crippen LogP contribution in [0, 0.1) is 5.82 Å². The molecule has 18 nitrogen and oxygen atoms in total. The molecule has 3 amide bonds. The number of benzene rings is 2. The van der Waals surface area contributed by atoms with Crippen LogP contribution in [-0.2, 0) is 34.0 Å². The lowest BCUT2D eigenvalue weighted by Gasteiger charge is -2.44. The highest BCUT2D eigenvalue weighted by Crippen LogP contribution is 2.51. The number of morpholine rings is 1. The zero-order chi connectivity index (χ0) is 38.5. The molecule has 3 aliphatic rings. The van der Waals surface area contributed by atoms with Crippen molar-refractivity contribution >= 4 is 23.4 Å². The molecule has 1 atom stereocenters. The minimum absolute atomic E-state index is 0.141. The van der Waals surface area contributed by atoms with Gasteiger partial charge in [0.25, 0.3) is 23.5 Å². The molecule has 280 valence electrons. The number of fused-ring (bicyclic) bond motifs is 1. The number of aliphatic hydroxyl groups is 4.